The fourth-order valence-corrected chi connectivity index (χ4v) is 2.75. The Kier molecular flexibility index (Phi) is 4.84. The molecule has 2 aromatic heterocycles. The molecule has 2 heterocycles. The molecule has 0 saturated heterocycles. The van der Waals surface area contributed by atoms with Crippen LogP contribution in [0.1, 0.15) is 18.4 Å². The van der Waals surface area contributed by atoms with E-state index < -0.39 is 0 Å². The lowest BCUT2D eigenvalue weighted by Gasteiger charge is -2.07. The summed E-state index contributed by atoms with van der Waals surface area (Å²) in [7, 11) is 3.39. The highest BCUT2D eigenvalue weighted by Gasteiger charge is 2.14. The second-order valence-electron chi connectivity index (χ2n) is 4.30. The van der Waals surface area contributed by atoms with E-state index in [0.717, 1.165) is 23.9 Å². The van der Waals surface area contributed by atoms with E-state index in [-0.39, 0.29) is 11.7 Å². The molecule has 0 aliphatic rings. The van der Waals surface area contributed by atoms with E-state index in [0.29, 0.717) is 0 Å². The van der Waals surface area contributed by atoms with Crippen LogP contribution < -0.4 is 0 Å². The first-order valence-electron chi connectivity index (χ1n) is 6.37. The number of aryl methyl sites for hydroxylation is 1. The highest BCUT2D eigenvalue weighted by atomic mass is 32.2. The highest BCUT2D eigenvalue weighted by molar-refractivity contribution is 7.99. The summed E-state index contributed by atoms with van der Waals surface area (Å²) in [6, 6.07) is 4.07. The van der Waals surface area contributed by atoms with Gasteiger partial charge in [-0.15, -0.1) is 10.2 Å². The maximum atomic E-state index is 11.2. The molecule has 2 aromatic rings. The Morgan fingerprint density at radius 3 is 2.85 bits per heavy atom. The van der Waals surface area contributed by atoms with Crippen LogP contribution in [0.5, 0.6) is 0 Å². The third-order valence-electron chi connectivity index (χ3n) is 3.05. The zero-order valence-corrected chi connectivity index (χ0v) is 12.7. The molecule has 0 spiro atoms. The first-order valence-corrected chi connectivity index (χ1v) is 7.36. The van der Waals surface area contributed by atoms with Gasteiger partial charge in [-0.3, -0.25) is 4.79 Å². The molecule has 2 rings (SSSR count). The number of esters is 1. The minimum atomic E-state index is -0.260. The number of thioether (sulfide) groups is 1. The lowest BCUT2D eigenvalue weighted by atomic mass is 10.3. The van der Waals surface area contributed by atoms with E-state index in [1.165, 1.54) is 24.6 Å². The zero-order chi connectivity index (χ0) is 14.5. The van der Waals surface area contributed by atoms with Crippen molar-refractivity contribution < 1.29 is 9.53 Å². The van der Waals surface area contributed by atoms with Crippen LogP contribution >= 0.6 is 11.8 Å². The van der Waals surface area contributed by atoms with E-state index in [2.05, 4.69) is 25.6 Å². The second-order valence-corrected chi connectivity index (χ2v) is 5.24. The summed E-state index contributed by atoms with van der Waals surface area (Å²) in [5.41, 5.74) is 1.18. The molecule has 0 saturated carbocycles. The number of hydrogen-bond acceptors (Lipinski definition) is 5. The normalized spacial score (nSPS) is 10.8. The smallest absolute Gasteiger partial charge is 0.316 e. The van der Waals surface area contributed by atoms with Gasteiger partial charge in [0.05, 0.1) is 12.9 Å². The molecule has 0 amide bonds. The molecular weight excluding hydrogens is 276 g/mol. The molecule has 0 N–H and O–H groups in total. The number of carbonyl (C=O) groups excluding carboxylic acids is 1. The molecule has 20 heavy (non-hydrogen) atoms. The Morgan fingerprint density at radius 2 is 2.25 bits per heavy atom. The van der Waals surface area contributed by atoms with Crippen molar-refractivity contribution in [1.29, 1.82) is 0 Å². The Hall–Kier alpha value is -1.76. The van der Waals surface area contributed by atoms with Crippen LogP contribution in [0.25, 0.3) is 0 Å². The monoisotopic (exact) mass is 294 g/mol. The van der Waals surface area contributed by atoms with Crippen molar-refractivity contribution in [1.82, 2.24) is 19.3 Å². The van der Waals surface area contributed by atoms with Gasteiger partial charge in [0.15, 0.2) is 5.16 Å². The van der Waals surface area contributed by atoms with Crippen LogP contribution in [0.4, 0.5) is 0 Å². The van der Waals surface area contributed by atoms with E-state index in [1.807, 2.05) is 30.8 Å². The summed E-state index contributed by atoms with van der Waals surface area (Å²) in [4.78, 5) is 11.2. The fourth-order valence-electron chi connectivity index (χ4n) is 1.90. The molecule has 0 radical (unpaired) electrons. The molecule has 0 fully saturated rings. The molecule has 6 nitrogen and oxygen atoms in total. The van der Waals surface area contributed by atoms with Crippen LogP contribution in [0.15, 0.2) is 23.5 Å². The van der Waals surface area contributed by atoms with Gasteiger partial charge >= 0.3 is 5.97 Å². The predicted octanol–water partition coefficient (Wildman–Crippen LogP) is 1.49. The molecule has 0 bridgehead atoms. The quantitative estimate of drug-likeness (QED) is 0.597. The van der Waals surface area contributed by atoms with Gasteiger partial charge in [-0.2, -0.15) is 0 Å². The molecule has 0 aliphatic heterocycles. The number of methoxy groups -OCH3 is 1. The average molecular weight is 294 g/mol. The zero-order valence-electron chi connectivity index (χ0n) is 11.9. The Morgan fingerprint density at radius 1 is 1.45 bits per heavy atom. The molecule has 0 aliphatic carbocycles. The predicted molar refractivity (Wildman–Crippen MR) is 76.7 cm³/mol. The molecule has 0 aromatic carbocycles. The third kappa shape index (κ3) is 3.22. The summed E-state index contributed by atoms with van der Waals surface area (Å²) >= 11 is 1.35. The van der Waals surface area contributed by atoms with E-state index in [1.54, 1.807) is 0 Å². The van der Waals surface area contributed by atoms with Crippen molar-refractivity contribution in [3.05, 3.63) is 29.8 Å². The topological polar surface area (TPSA) is 61.9 Å². The van der Waals surface area contributed by atoms with E-state index >= 15 is 0 Å². The Bertz CT molecular complexity index is 591. The summed E-state index contributed by atoms with van der Waals surface area (Å²) in [5.74, 6) is 0.894. The van der Waals surface area contributed by atoms with Gasteiger partial charge in [-0.1, -0.05) is 11.8 Å². The van der Waals surface area contributed by atoms with Crippen molar-refractivity contribution in [2.75, 3.05) is 12.9 Å². The van der Waals surface area contributed by atoms with Crippen LogP contribution in [0.3, 0.4) is 0 Å². The second kappa shape index (κ2) is 6.60. The Balaban J connectivity index is 2.13. The van der Waals surface area contributed by atoms with Crippen molar-refractivity contribution in [3.8, 4) is 0 Å². The molecule has 0 atom stereocenters. The molecule has 108 valence electrons. The highest BCUT2D eigenvalue weighted by Crippen LogP contribution is 2.18. The van der Waals surface area contributed by atoms with Gasteiger partial charge in [0.1, 0.15) is 5.82 Å². The van der Waals surface area contributed by atoms with Crippen LogP contribution in [-0.2, 0) is 29.5 Å². The number of rotatable bonds is 6. The van der Waals surface area contributed by atoms with E-state index in [9.17, 15) is 4.79 Å². The number of aromatic nitrogens is 4. The first kappa shape index (κ1) is 14.6. The first-order chi connectivity index (χ1) is 9.65. The van der Waals surface area contributed by atoms with Crippen LogP contribution in [0.2, 0.25) is 0 Å². The van der Waals surface area contributed by atoms with Gasteiger partial charge < -0.3 is 13.9 Å². The van der Waals surface area contributed by atoms with Crippen molar-refractivity contribution in [3.63, 3.8) is 0 Å². The summed E-state index contributed by atoms with van der Waals surface area (Å²) < 4.78 is 8.73. The van der Waals surface area contributed by atoms with Gasteiger partial charge in [-0.25, -0.2) is 0 Å². The van der Waals surface area contributed by atoms with Gasteiger partial charge in [-0.05, 0) is 19.1 Å². The lowest BCUT2D eigenvalue weighted by molar-refractivity contribution is -0.137. The van der Waals surface area contributed by atoms with Gasteiger partial charge in [0.2, 0.25) is 0 Å². The number of carbonyl (C=O) groups is 1. The maximum Gasteiger partial charge on any atom is 0.316 e. The number of nitrogens with zero attached hydrogens (tertiary/aromatic N) is 4. The van der Waals surface area contributed by atoms with Crippen molar-refractivity contribution >= 4 is 17.7 Å². The summed E-state index contributed by atoms with van der Waals surface area (Å²) in [5, 5.41) is 9.15. The Labute approximate surface area is 122 Å². The summed E-state index contributed by atoms with van der Waals surface area (Å²) in [6.45, 7) is 2.82. The van der Waals surface area contributed by atoms with Gasteiger partial charge in [0, 0.05) is 31.9 Å². The SMILES string of the molecule is CCn1c(Cc2cccn2C)nnc1SCC(=O)OC. The standard InChI is InChI=1S/C13H18N4O2S/c1-4-17-11(8-10-6-5-7-16(10)2)14-15-13(17)20-9-12(18)19-3/h5-7H,4,8-9H2,1-3H3. The minimum Gasteiger partial charge on any atom is -0.468 e. The lowest BCUT2D eigenvalue weighted by Crippen LogP contribution is -2.08. The summed E-state index contributed by atoms with van der Waals surface area (Å²) in [6.07, 6.45) is 2.73. The van der Waals surface area contributed by atoms with Crippen molar-refractivity contribution in [2.45, 2.75) is 25.0 Å². The average Bonchev–Trinajstić information content (AvgIpc) is 3.03. The number of ether oxygens (including phenoxy) is 1. The number of hydrogen-bond donors (Lipinski definition) is 0. The maximum absolute atomic E-state index is 11.2. The fraction of sp³-hybridized carbons (Fsp3) is 0.462. The van der Waals surface area contributed by atoms with E-state index in [4.69, 9.17) is 0 Å². The minimum absolute atomic E-state index is 0.249. The third-order valence-corrected chi connectivity index (χ3v) is 3.99. The van der Waals surface area contributed by atoms with Crippen LogP contribution in [0, 0.1) is 0 Å². The molecular formula is C13H18N4O2S. The van der Waals surface area contributed by atoms with Crippen molar-refractivity contribution in [2.24, 2.45) is 7.05 Å². The van der Waals surface area contributed by atoms with Crippen LogP contribution in [-0.4, -0.2) is 38.2 Å². The largest absolute Gasteiger partial charge is 0.468 e. The molecule has 0 unspecified atom stereocenters. The molecule has 7 heteroatoms. The van der Waals surface area contributed by atoms with Gasteiger partial charge in [0.25, 0.3) is 0 Å².